The zero-order valence-corrected chi connectivity index (χ0v) is 14.0. The zero-order chi connectivity index (χ0) is 14.8. The van der Waals surface area contributed by atoms with Gasteiger partial charge in [0, 0.05) is 0 Å². The van der Waals surface area contributed by atoms with E-state index in [-0.39, 0.29) is 0 Å². The molecule has 0 fully saturated rings. The van der Waals surface area contributed by atoms with Crippen molar-refractivity contribution in [2.75, 3.05) is 0 Å². The Morgan fingerprint density at radius 3 is 2.45 bits per heavy atom. The molecule has 1 nitrogen and oxygen atoms in total. The fraction of sp³-hybridized carbons (Fsp3) is 0.333. The monoisotopic (exact) mass is 284 g/mol. The summed E-state index contributed by atoms with van der Waals surface area (Å²) in [4.78, 5) is 0. The van der Waals surface area contributed by atoms with E-state index < -0.39 is 8.32 Å². The molecule has 2 heteroatoms. The third-order valence-corrected chi connectivity index (χ3v) is 4.29. The molecule has 106 valence electrons. The maximum Gasteiger partial charge on any atom is 0.184 e. The van der Waals surface area contributed by atoms with Crippen molar-refractivity contribution < 1.29 is 4.43 Å². The lowest BCUT2D eigenvalue weighted by Gasteiger charge is -2.20. The first kappa shape index (κ1) is 15.0. The molecule has 0 bridgehead atoms. The third-order valence-electron chi connectivity index (χ3n) is 3.28. The van der Waals surface area contributed by atoms with Gasteiger partial charge in [0.15, 0.2) is 8.32 Å². The molecule has 0 heterocycles. The standard InChI is InChI=1S/C18H24OSi/c1-14(2)12-16-11-10-15-8-6-7-9-17(15)18(16)13-19-20(3,4)5/h6-11H,1,12-13H2,2-5H3. The summed E-state index contributed by atoms with van der Waals surface area (Å²) in [6.07, 6.45) is 0.926. The van der Waals surface area contributed by atoms with Gasteiger partial charge in [0.1, 0.15) is 0 Å². The number of hydrogen-bond donors (Lipinski definition) is 0. The fourth-order valence-electron chi connectivity index (χ4n) is 2.33. The van der Waals surface area contributed by atoms with Crippen LogP contribution in [0.25, 0.3) is 10.8 Å². The van der Waals surface area contributed by atoms with Crippen molar-refractivity contribution in [3.63, 3.8) is 0 Å². The van der Waals surface area contributed by atoms with Crippen LogP contribution in [0, 0.1) is 0 Å². The van der Waals surface area contributed by atoms with Gasteiger partial charge < -0.3 is 4.43 Å². The van der Waals surface area contributed by atoms with Crippen LogP contribution in [0.2, 0.25) is 19.6 Å². The zero-order valence-electron chi connectivity index (χ0n) is 13.0. The summed E-state index contributed by atoms with van der Waals surface area (Å²) >= 11 is 0. The normalized spacial score (nSPS) is 11.8. The molecule has 2 aromatic carbocycles. The Bertz CT molecular complexity index is 623. The third kappa shape index (κ3) is 3.81. The summed E-state index contributed by atoms with van der Waals surface area (Å²) in [5, 5.41) is 2.59. The van der Waals surface area contributed by atoms with Gasteiger partial charge in [-0.2, -0.15) is 0 Å². The number of allylic oxidation sites excluding steroid dienone is 1. The van der Waals surface area contributed by atoms with Crippen LogP contribution in [0.4, 0.5) is 0 Å². The average molecular weight is 284 g/mol. The van der Waals surface area contributed by atoms with Crippen molar-refractivity contribution in [2.24, 2.45) is 0 Å². The van der Waals surface area contributed by atoms with Gasteiger partial charge in [-0.05, 0) is 54.9 Å². The minimum absolute atomic E-state index is 0.708. The smallest absolute Gasteiger partial charge is 0.184 e. The number of fused-ring (bicyclic) bond motifs is 1. The second kappa shape index (κ2) is 5.94. The molecule has 2 rings (SSSR count). The minimum atomic E-state index is -1.51. The van der Waals surface area contributed by atoms with Gasteiger partial charge in [0.2, 0.25) is 0 Å². The summed E-state index contributed by atoms with van der Waals surface area (Å²) in [7, 11) is -1.51. The molecule has 0 unspecified atom stereocenters. The molecule has 0 aliphatic carbocycles. The highest BCUT2D eigenvalue weighted by atomic mass is 28.4. The molecule has 0 atom stereocenters. The molecule has 0 amide bonds. The van der Waals surface area contributed by atoms with Gasteiger partial charge >= 0.3 is 0 Å². The lowest BCUT2D eigenvalue weighted by Crippen LogP contribution is -2.25. The van der Waals surface area contributed by atoms with Crippen molar-refractivity contribution >= 4 is 19.1 Å². The Balaban J connectivity index is 2.46. The van der Waals surface area contributed by atoms with E-state index in [4.69, 9.17) is 4.43 Å². The quantitative estimate of drug-likeness (QED) is 0.534. The van der Waals surface area contributed by atoms with Crippen LogP contribution in [0.1, 0.15) is 18.1 Å². The molecular weight excluding hydrogens is 260 g/mol. The van der Waals surface area contributed by atoms with Gasteiger partial charge in [0.05, 0.1) is 6.61 Å². The van der Waals surface area contributed by atoms with Gasteiger partial charge in [0.25, 0.3) is 0 Å². The van der Waals surface area contributed by atoms with Crippen molar-refractivity contribution in [3.8, 4) is 0 Å². The highest BCUT2D eigenvalue weighted by molar-refractivity contribution is 6.69. The average Bonchev–Trinajstić information content (AvgIpc) is 2.35. The van der Waals surface area contributed by atoms with Crippen LogP contribution >= 0.6 is 0 Å². The summed E-state index contributed by atoms with van der Waals surface area (Å²) < 4.78 is 6.15. The van der Waals surface area contributed by atoms with Gasteiger partial charge in [-0.3, -0.25) is 0 Å². The molecule has 20 heavy (non-hydrogen) atoms. The Morgan fingerprint density at radius 1 is 1.10 bits per heavy atom. The Hall–Kier alpha value is -1.38. The van der Waals surface area contributed by atoms with E-state index in [1.807, 2.05) is 0 Å². The lowest BCUT2D eigenvalue weighted by atomic mass is 9.96. The van der Waals surface area contributed by atoms with E-state index in [0.717, 1.165) is 6.42 Å². The Kier molecular flexibility index (Phi) is 4.46. The maximum absolute atomic E-state index is 6.15. The van der Waals surface area contributed by atoms with Crippen molar-refractivity contribution in [2.45, 2.75) is 39.6 Å². The van der Waals surface area contributed by atoms with Gasteiger partial charge in [-0.1, -0.05) is 48.6 Å². The van der Waals surface area contributed by atoms with Crippen LogP contribution < -0.4 is 0 Å². The van der Waals surface area contributed by atoms with Crippen LogP contribution in [-0.4, -0.2) is 8.32 Å². The SMILES string of the molecule is C=C(C)Cc1ccc2ccccc2c1CO[Si](C)(C)C. The number of benzene rings is 2. The Labute approximate surface area is 123 Å². The molecule has 0 saturated heterocycles. The van der Waals surface area contributed by atoms with E-state index in [1.165, 1.54) is 27.5 Å². The lowest BCUT2D eigenvalue weighted by molar-refractivity contribution is 0.300. The molecule has 0 radical (unpaired) electrons. The second-order valence-electron chi connectivity index (χ2n) is 6.46. The van der Waals surface area contributed by atoms with E-state index in [2.05, 4.69) is 69.5 Å². The highest BCUT2D eigenvalue weighted by Gasteiger charge is 2.16. The molecule has 0 N–H and O–H groups in total. The summed E-state index contributed by atoms with van der Waals surface area (Å²) in [6, 6.07) is 13.0. The van der Waals surface area contributed by atoms with Crippen molar-refractivity contribution in [1.82, 2.24) is 0 Å². The maximum atomic E-state index is 6.15. The fourth-order valence-corrected chi connectivity index (χ4v) is 2.91. The summed E-state index contributed by atoms with van der Waals surface area (Å²) in [5.41, 5.74) is 3.86. The van der Waals surface area contributed by atoms with Crippen LogP contribution in [0.15, 0.2) is 48.6 Å². The van der Waals surface area contributed by atoms with Crippen molar-refractivity contribution in [3.05, 3.63) is 59.7 Å². The first-order chi connectivity index (χ1) is 9.37. The van der Waals surface area contributed by atoms with E-state index in [1.54, 1.807) is 0 Å². The molecule has 0 saturated carbocycles. The molecule has 0 aliphatic rings. The highest BCUT2D eigenvalue weighted by Crippen LogP contribution is 2.26. The molecule has 0 aliphatic heterocycles. The van der Waals surface area contributed by atoms with Crippen molar-refractivity contribution in [1.29, 1.82) is 0 Å². The van der Waals surface area contributed by atoms with E-state index in [0.29, 0.717) is 6.61 Å². The van der Waals surface area contributed by atoms with Gasteiger partial charge in [-0.25, -0.2) is 0 Å². The first-order valence-electron chi connectivity index (χ1n) is 7.15. The van der Waals surface area contributed by atoms with E-state index in [9.17, 15) is 0 Å². The first-order valence-corrected chi connectivity index (χ1v) is 10.6. The largest absolute Gasteiger partial charge is 0.413 e. The number of hydrogen-bond acceptors (Lipinski definition) is 1. The molecule has 0 aromatic heterocycles. The van der Waals surface area contributed by atoms with Crippen LogP contribution in [0.3, 0.4) is 0 Å². The molecule has 0 spiro atoms. The minimum Gasteiger partial charge on any atom is -0.413 e. The Morgan fingerprint density at radius 2 is 1.80 bits per heavy atom. The summed E-state index contributed by atoms with van der Waals surface area (Å²) in [5.74, 6) is 0. The predicted molar refractivity (Wildman–Crippen MR) is 90.6 cm³/mol. The second-order valence-corrected chi connectivity index (χ2v) is 11.0. The topological polar surface area (TPSA) is 9.23 Å². The van der Waals surface area contributed by atoms with Crippen LogP contribution in [-0.2, 0) is 17.5 Å². The molecule has 2 aromatic rings. The van der Waals surface area contributed by atoms with Gasteiger partial charge in [-0.15, -0.1) is 0 Å². The molecular formula is C18H24OSi. The number of rotatable bonds is 5. The predicted octanol–water partition coefficient (Wildman–Crippen LogP) is 5.31. The van der Waals surface area contributed by atoms with Crippen LogP contribution in [0.5, 0.6) is 0 Å². The van der Waals surface area contributed by atoms with E-state index >= 15 is 0 Å². The summed E-state index contributed by atoms with van der Waals surface area (Å²) in [6.45, 7) is 13.5.